The molecule has 1 aliphatic heterocycles. The van der Waals surface area contributed by atoms with E-state index in [1.807, 2.05) is 0 Å². The average molecular weight is 209 g/mol. The van der Waals surface area contributed by atoms with E-state index in [1.54, 1.807) is 0 Å². The van der Waals surface area contributed by atoms with E-state index < -0.39 is 0 Å². The average Bonchev–Trinajstić information content (AvgIpc) is 2.78. The maximum Gasteiger partial charge on any atom is 0.0958 e. The lowest BCUT2D eigenvalue weighted by Gasteiger charge is -2.40. The summed E-state index contributed by atoms with van der Waals surface area (Å²) >= 11 is 0. The van der Waals surface area contributed by atoms with Gasteiger partial charge in [-0.2, -0.15) is 0 Å². The Bertz CT molecular complexity index is 241. The van der Waals surface area contributed by atoms with Gasteiger partial charge in [0.1, 0.15) is 0 Å². The number of amidine groups is 1. The third-order valence-corrected chi connectivity index (χ3v) is 4.19. The minimum Gasteiger partial charge on any atom is -0.359 e. The zero-order valence-corrected chi connectivity index (χ0v) is 10.1. The van der Waals surface area contributed by atoms with Gasteiger partial charge in [0.15, 0.2) is 0 Å². The molecule has 0 aromatic heterocycles. The first kappa shape index (κ1) is 10.9. The van der Waals surface area contributed by atoms with Crippen LogP contribution < -0.4 is 0 Å². The lowest BCUT2D eigenvalue weighted by Crippen LogP contribution is -2.51. The number of likely N-dealkylation sites (N-methyl/N-ethyl adjacent to an activating group) is 1. The minimum atomic E-state index is 0.358. The molecule has 1 aliphatic carbocycles. The van der Waals surface area contributed by atoms with Gasteiger partial charge in [0.25, 0.3) is 0 Å². The molecule has 1 heterocycles. The summed E-state index contributed by atoms with van der Waals surface area (Å²) < 4.78 is 0. The van der Waals surface area contributed by atoms with Crippen molar-refractivity contribution in [2.75, 3.05) is 27.2 Å². The van der Waals surface area contributed by atoms with Gasteiger partial charge in [-0.05, 0) is 33.4 Å². The van der Waals surface area contributed by atoms with Gasteiger partial charge < -0.3 is 9.80 Å². The molecule has 1 saturated heterocycles. The summed E-state index contributed by atoms with van der Waals surface area (Å²) in [5, 5.41) is 7.90. The van der Waals surface area contributed by atoms with Gasteiger partial charge in [0.2, 0.25) is 0 Å². The van der Waals surface area contributed by atoms with Crippen molar-refractivity contribution >= 4 is 5.84 Å². The third kappa shape index (κ3) is 2.03. The molecule has 0 radical (unpaired) electrons. The fourth-order valence-corrected chi connectivity index (χ4v) is 3.04. The first-order chi connectivity index (χ1) is 7.14. The topological polar surface area (TPSA) is 30.3 Å². The van der Waals surface area contributed by atoms with Crippen LogP contribution in [0, 0.1) is 5.41 Å². The lowest BCUT2D eigenvalue weighted by molar-refractivity contribution is 0.125. The molecular formula is C12H23N3. The highest BCUT2D eigenvalue weighted by atomic mass is 15.3. The van der Waals surface area contributed by atoms with Crippen molar-refractivity contribution in [2.45, 2.75) is 44.1 Å². The summed E-state index contributed by atoms with van der Waals surface area (Å²) in [6, 6.07) is 0. The van der Waals surface area contributed by atoms with Gasteiger partial charge in [-0.15, -0.1) is 0 Å². The summed E-state index contributed by atoms with van der Waals surface area (Å²) in [6.07, 6.45) is 7.51. The van der Waals surface area contributed by atoms with Crippen molar-refractivity contribution in [3.63, 3.8) is 0 Å². The Morgan fingerprint density at radius 1 is 1.27 bits per heavy atom. The number of nitrogens with zero attached hydrogens (tertiary/aromatic N) is 2. The maximum absolute atomic E-state index is 7.90. The van der Waals surface area contributed by atoms with Crippen LogP contribution in [0.15, 0.2) is 0 Å². The van der Waals surface area contributed by atoms with E-state index >= 15 is 0 Å². The molecule has 2 fully saturated rings. The molecule has 15 heavy (non-hydrogen) atoms. The number of hydrogen-bond donors (Lipinski definition) is 1. The summed E-state index contributed by atoms with van der Waals surface area (Å²) in [5.41, 5.74) is 0.358. The Labute approximate surface area is 92.9 Å². The second-order valence-corrected chi connectivity index (χ2v) is 5.30. The summed E-state index contributed by atoms with van der Waals surface area (Å²) in [4.78, 5) is 4.69. The second-order valence-electron chi connectivity index (χ2n) is 5.30. The predicted molar refractivity (Wildman–Crippen MR) is 63.4 cm³/mol. The van der Waals surface area contributed by atoms with Crippen LogP contribution in [0.1, 0.15) is 38.5 Å². The highest BCUT2D eigenvalue weighted by molar-refractivity contribution is 5.81. The summed E-state index contributed by atoms with van der Waals surface area (Å²) in [5.74, 6) is 0.864. The van der Waals surface area contributed by atoms with Crippen LogP contribution in [-0.2, 0) is 0 Å². The Morgan fingerprint density at radius 3 is 2.40 bits per heavy atom. The molecule has 0 amide bonds. The van der Waals surface area contributed by atoms with Crippen LogP contribution >= 0.6 is 0 Å². The molecule has 1 N–H and O–H groups in total. The van der Waals surface area contributed by atoms with Crippen LogP contribution in [0.2, 0.25) is 0 Å². The number of likely N-dealkylation sites (tertiary alicyclic amines) is 1. The highest BCUT2D eigenvalue weighted by Gasteiger charge is 2.38. The van der Waals surface area contributed by atoms with Crippen LogP contribution in [0.5, 0.6) is 0 Å². The molecule has 86 valence electrons. The third-order valence-electron chi connectivity index (χ3n) is 4.19. The van der Waals surface area contributed by atoms with Crippen molar-refractivity contribution in [2.24, 2.45) is 0 Å². The van der Waals surface area contributed by atoms with Crippen molar-refractivity contribution < 1.29 is 0 Å². The van der Waals surface area contributed by atoms with Gasteiger partial charge >= 0.3 is 0 Å². The van der Waals surface area contributed by atoms with Crippen LogP contribution in [0.25, 0.3) is 0 Å². The van der Waals surface area contributed by atoms with E-state index in [-0.39, 0.29) is 0 Å². The molecule has 2 rings (SSSR count). The molecule has 0 unspecified atom stereocenters. The molecule has 0 bridgehead atoms. The Hall–Kier alpha value is -0.570. The van der Waals surface area contributed by atoms with Crippen molar-refractivity contribution in [1.82, 2.24) is 9.80 Å². The first-order valence-corrected chi connectivity index (χ1v) is 6.14. The van der Waals surface area contributed by atoms with E-state index in [2.05, 4.69) is 23.9 Å². The molecule has 3 heteroatoms. The van der Waals surface area contributed by atoms with E-state index in [4.69, 9.17) is 5.41 Å². The van der Waals surface area contributed by atoms with Gasteiger partial charge in [0.05, 0.1) is 5.84 Å². The standard InChI is InChI=1S/C12H23N3/c1-14(2)12(7-3-4-8-12)10-15-9-5-6-11(15)13/h13H,3-10H2,1-2H3. The summed E-state index contributed by atoms with van der Waals surface area (Å²) in [7, 11) is 4.40. The van der Waals surface area contributed by atoms with Crippen molar-refractivity contribution in [3.05, 3.63) is 0 Å². The fraction of sp³-hybridized carbons (Fsp3) is 0.917. The van der Waals surface area contributed by atoms with E-state index in [1.165, 1.54) is 32.1 Å². The van der Waals surface area contributed by atoms with E-state index in [9.17, 15) is 0 Å². The lowest BCUT2D eigenvalue weighted by atomic mass is 9.95. The normalized spacial score (nSPS) is 25.5. The van der Waals surface area contributed by atoms with Gasteiger partial charge in [0, 0.05) is 25.0 Å². The minimum absolute atomic E-state index is 0.358. The zero-order valence-electron chi connectivity index (χ0n) is 10.1. The molecular weight excluding hydrogens is 186 g/mol. The monoisotopic (exact) mass is 209 g/mol. The zero-order chi connectivity index (χ0) is 10.9. The molecule has 0 atom stereocenters. The summed E-state index contributed by atoms with van der Waals surface area (Å²) in [6.45, 7) is 2.19. The van der Waals surface area contributed by atoms with E-state index in [0.717, 1.165) is 25.3 Å². The molecule has 2 aliphatic rings. The van der Waals surface area contributed by atoms with Crippen molar-refractivity contribution in [1.29, 1.82) is 5.41 Å². The van der Waals surface area contributed by atoms with E-state index in [0.29, 0.717) is 5.54 Å². The fourth-order valence-electron chi connectivity index (χ4n) is 3.04. The van der Waals surface area contributed by atoms with Crippen LogP contribution in [0.3, 0.4) is 0 Å². The number of rotatable bonds is 3. The van der Waals surface area contributed by atoms with Gasteiger partial charge in [-0.25, -0.2) is 0 Å². The van der Waals surface area contributed by atoms with Crippen molar-refractivity contribution in [3.8, 4) is 0 Å². The molecule has 0 spiro atoms. The highest BCUT2D eigenvalue weighted by Crippen LogP contribution is 2.35. The molecule has 3 nitrogen and oxygen atoms in total. The Balaban J connectivity index is 2.03. The maximum atomic E-state index is 7.90. The molecule has 0 aromatic rings. The Morgan fingerprint density at radius 2 is 1.93 bits per heavy atom. The smallest absolute Gasteiger partial charge is 0.0958 e. The first-order valence-electron chi connectivity index (χ1n) is 6.14. The molecule has 0 aromatic carbocycles. The SMILES string of the molecule is CN(C)C1(CN2CCCC2=N)CCCC1. The predicted octanol–water partition coefficient (Wildman–Crippen LogP) is 1.93. The number of hydrogen-bond acceptors (Lipinski definition) is 2. The van der Waals surface area contributed by atoms with Gasteiger partial charge in [-0.1, -0.05) is 12.8 Å². The van der Waals surface area contributed by atoms with Crippen LogP contribution in [0.4, 0.5) is 0 Å². The van der Waals surface area contributed by atoms with Crippen LogP contribution in [-0.4, -0.2) is 48.4 Å². The van der Waals surface area contributed by atoms with Gasteiger partial charge in [-0.3, -0.25) is 5.41 Å². The quantitative estimate of drug-likeness (QED) is 0.770. The molecule has 1 saturated carbocycles. The number of nitrogens with one attached hydrogen (secondary N) is 1. The second kappa shape index (κ2) is 4.12. The Kier molecular flexibility index (Phi) is 3.01. The largest absolute Gasteiger partial charge is 0.359 e.